The van der Waals surface area contributed by atoms with Crippen LogP contribution in [0.4, 0.5) is 0 Å². The molecule has 0 fully saturated rings. The zero-order chi connectivity index (χ0) is 22.7. The zero-order valence-corrected chi connectivity index (χ0v) is 18.3. The predicted octanol–water partition coefficient (Wildman–Crippen LogP) is 4.16. The molecule has 0 amide bonds. The molecule has 0 bridgehead atoms. The van der Waals surface area contributed by atoms with E-state index >= 15 is 0 Å². The number of Topliss-reactive ketones (excluding diaryl/α,β-unsaturated/α-hetero) is 1. The molecule has 1 unspecified atom stereocenters. The van der Waals surface area contributed by atoms with Crippen LogP contribution < -0.4 is 0 Å². The number of hydrogen-bond donors (Lipinski definition) is 1. The highest BCUT2D eigenvalue weighted by molar-refractivity contribution is 6.09. The number of allylic oxidation sites excluding steroid dienone is 2. The molecule has 3 atom stereocenters. The van der Waals surface area contributed by atoms with E-state index in [-0.39, 0.29) is 24.1 Å². The number of ketones is 1. The second-order valence-electron chi connectivity index (χ2n) is 8.26. The van der Waals surface area contributed by atoms with Gasteiger partial charge in [0.1, 0.15) is 18.3 Å². The first-order valence-corrected chi connectivity index (χ1v) is 10.8. The summed E-state index contributed by atoms with van der Waals surface area (Å²) in [6, 6.07) is 16.7. The Balaban J connectivity index is 1.74. The molecule has 0 spiro atoms. The molecule has 0 saturated carbocycles. The Hall–Kier alpha value is -3.25. The molecule has 0 saturated heterocycles. The Morgan fingerprint density at radius 2 is 1.75 bits per heavy atom. The quantitative estimate of drug-likeness (QED) is 0.546. The third-order valence-electron chi connectivity index (χ3n) is 6.20. The van der Waals surface area contributed by atoms with Crippen LogP contribution in [0.2, 0.25) is 0 Å². The van der Waals surface area contributed by atoms with E-state index in [9.17, 15) is 14.7 Å². The third-order valence-corrected chi connectivity index (χ3v) is 6.20. The van der Waals surface area contributed by atoms with Gasteiger partial charge in [-0.3, -0.25) is 14.6 Å². The van der Waals surface area contributed by atoms with Crippen molar-refractivity contribution in [1.29, 1.82) is 0 Å². The monoisotopic (exact) mass is 433 g/mol. The standard InChI is InChI=1S/C26H27NO5/c1-16-23(26(30)32-13-12-31-2)24(18-8-10-20(28)11-9-18)25-21(27-16)14-19(15-22(25)29)17-6-4-3-5-7-17/h3-11,19,23-24,28H,12-15H2,1-2H3/t19-,23?,24-/m0/s1. The maximum absolute atomic E-state index is 13.4. The number of aromatic hydroxyl groups is 1. The summed E-state index contributed by atoms with van der Waals surface area (Å²) in [6.45, 7) is 2.25. The molecule has 1 aliphatic heterocycles. The number of benzene rings is 2. The second-order valence-corrected chi connectivity index (χ2v) is 8.26. The fraction of sp³-hybridized carbons (Fsp3) is 0.346. The Morgan fingerprint density at radius 3 is 2.44 bits per heavy atom. The van der Waals surface area contributed by atoms with Crippen molar-refractivity contribution < 1.29 is 24.2 Å². The molecule has 2 aliphatic rings. The predicted molar refractivity (Wildman–Crippen MR) is 121 cm³/mol. The van der Waals surface area contributed by atoms with Crippen LogP contribution in [0.15, 0.2) is 70.9 Å². The van der Waals surface area contributed by atoms with Crippen LogP contribution in [0.1, 0.15) is 42.7 Å². The van der Waals surface area contributed by atoms with Gasteiger partial charge in [-0.1, -0.05) is 42.5 Å². The molecule has 0 radical (unpaired) electrons. The number of phenols is 1. The lowest BCUT2D eigenvalue weighted by atomic mass is 9.69. The van der Waals surface area contributed by atoms with Crippen molar-refractivity contribution >= 4 is 17.5 Å². The first-order valence-electron chi connectivity index (χ1n) is 10.8. The summed E-state index contributed by atoms with van der Waals surface area (Å²) in [5.41, 5.74) is 3.85. The molecule has 6 heteroatoms. The Labute approximate surface area is 187 Å². The largest absolute Gasteiger partial charge is 0.508 e. The number of methoxy groups -OCH3 is 1. The minimum Gasteiger partial charge on any atom is -0.508 e. The van der Waals surface area contributed by atoms with Gasteiger partial charge in [0.15, 0.2) is 5.78 Å². The van der Waals surface area contributed by atoms with Crippen LogP contribution in [-0.4, -0.2) is 42.9 Å². The van der Waals surface area contributed by atoms with Crippen LogP contribution in [-0.2, 0) is 19.1 Å². The van der Waals surface area contributed by atoms with Crippen molar-refractivity contribution in [3.05, 3.63) is 77.0 Å². The number of rotatable bonds is 6. The number of esters is 1. The molecule has 0 aromatic heterocycles. The van der Waals surface area contributed by atoms with Gasteiger partial charge in [0.05, 0.1) is 6.61 Å². The number of nitrogens with zero attached hydrogens (tertiary/aromatic N) is 1. The first-order chi connectivity index (χ1) is 15.5. The van der Waals surface area contributed by atoms with Gasteiger partial charge < -0.3 is 14.6 Å². The Kier molecular flexibility index (Phi) is 6.51. The summed E-state index contributed by atoms with van der Waals surface area (Å²) >= 11 is 0. The molecule has 1 aliphatic carbocycles. The minimum absolute atomic E-state index is 0.00381. The van der Waals surface area contributed by atoms with Crippen molar-refractivity contribution in [2.75, 3.05) is 20.3 Å². The van der Waals surface area contributed by atoms with Gasteiger partial charge in [-0.15, -0.1) is 0 Å². The number of hydrogen-bond acceptors (Lipinski definition) is 6. The molecule has 6 nitrogen and oxygen atoms in total. The molecule has 32 heavy (non-hydrogen) atoms. The molecule has 1 heterocycles. The highest BCUT2D eigenvalue weighted by atomic mass is 16.6. The van der Waals surface area contributed by atoms with Gasteiger partial charge in [0, 0.05) is 36.4 Å². The van der Waals surface area contributed by atoms with E-state index in [1.807, 2.05) is 37.3 Å². The van der Waals surface area contributed by atoms with Gasteiger partial charge in [-0.05, 0) is 42.5 Å². The van der Waals surface area contributed by atoms with E-state index in [1.165, 1.54) is 0 Å². The lowest BCUT2D eigenvalue weighted by molar-refractivity contribution is -0.147. The molecule has 2 aromatic carbocycles. The molecule has 166 valence electrons. The Morgan fingerprint density at radius 1 is 1.03 bits per heavy atom. The number of carbonyl (C=O) groups is 2. The second kappa shape index (κ2) is 9.49. The fourth-order valence-electron chi connectivity index (χ4n) is 4.68. The molecular weight excluding hydrogens is 406 g/mol. The van der Waals surface area contributed by atoms with Gasteiger partial charge in [-0.2, -0.15) is 0 Å². The SMILES string of the molecule is COCCOC(=O)C1C(C)=NC2=C(C(=O)C[C@@H](c3ccccc3)C2)[C@H]1c1ccc(O)cc1. The van der Waals surface area contributed by atoms with E-state index < -0.39 is 17.8 Å². The molecule has 2 aromatic rings. The lowest BCUT2D eigenvalue weighted by Gasteiger charge is -2.36. The number of aliphatic imine (C=N–C) groups is 1. The summed E-state index contributed by atoms with van der Waals surface area (Å²) in [7, 11) is 1.54. The summed E-state index contributed by atoms with van der Waals surface area (Å²) in [5, 5.41) is 9.76. The van der Waals surface area contributed by atoms with Crippen molar-refractivity contribution in [2.45, 2.75) is 31.6 Å². The number of carbonyl (C=O) groups excluding carboxylic acids is 2. The van der Waals surface area contributed by atoms with E-state index in [4.69, 9.17) is 14.5 Å². The van der Waals surface area contributed by atoms with Crippen molar-refractivity contribution in [1.82, 2.24) is 0 Å². The van der Waals surface area contributed by atoms with Gasteiger partial charge in [-0.25, -0.2) is 0 Å². The summed E-state index contributed by atoms with van der Waals surface area (Å²) in [6.07, 6.45) is 1.01. The number of ether oxygens (including phenoxy) is 2. The average Bonchev–Trinajstić information content (AvgIpc) is 2.79. The lowest BCUT2D eigenvalue weighted by Crippen LogP contribution is -2.38. The van der Waals surface area contributed by atoms with Crippen LogP contribution in [0, 0.1) is 5.92 Å². The van der Waals surface area contributed by atoms with Gasteiger partial charge >= 0.3 is 5.97 Å². The van der Waals surface area contributed by atoms with Crippen LogP contribution in [0.25, 0.3) is 0 Å². The zero-order valence-electron chi connectivity index (χ0n) is 18.3. The van der Waals surface area contributed by atoms with Crippen molar-refractivity contribution in [2.24, 2.45) is 10.9 Å². The van der Waals surface area contributed by atoms with Crippen LogP contribution in [0.5, 0.6) is 5.75 Å². The van der Waals surface area contributed by atoms with Crippen LogP contribution in [0.3, 0.4) is 0 Å². The molecule has 1 N–H and O–H groups in total. The highest BCUT2D eigenvalue weighted by Gasteiger charge is 2.44. The summed E-state index contributed by atoms with van der Waals surface area (Å²) in [4.78, 5) is 31.3. The average molecular weight is 434 g/mol. The van der Waals surface area contributed by atoms with Crippen LogP contribution >= 0.6 is 0 Å². The van der Waals surface area contributed by atoms with E-state index in [0.29, 0.717) is 30.7 Å². The summed E-state index contributed by atoms with van der Waals surface area (Å²) < 4.78 is 10.4. The van der Waals surface area contributed by atoms with Gasteiger partial charge in [0.25, 0.3) is 0 Å². The molecule has 4 rings (SSSR count). The van der Waals surface area contributed by atoms with E-state index in [2.05, 4.69) is 0 Å². The van der Waals surface area contributed by atoms with Crippen molar-refractivity contribution in [3.63, 3.8) is 0 Å². The van der Waals surface area contributed by atoms with Crippen molar-refractivity contribution in [3.8, 4) is 5.75 Å². The fourth-order valence-corrected chi connectivity index (χ4v) is 4.68. The number of phenolic OH excluding ortho intramolecular Hbond substituents is 1. The minimum atomic E-state index is -0.702. The van der Waals surface area contributed by atoms with E-state index in [0.717, 1.165) is 16.8 Å². The summed E-state index contributed by atoms with van der Waals surface area (Å²) in [5.74, 6) is -1.43. The topological polar surface area (TPSA) is 85.2 Å². The normalized spacial score (nSPS) is 22.9. The maximum atomic E-state index is 13.4. The highest BCUT2D eigenvalue weighted by Crippen LogP contribution is 2.46. The smallest absolute Gasteiger partial charge is 0.315 e. The Bertz CT molecular complexity index is 1060. The first kappa shape index (κ1) is 22.0. The maximum Gasteiger partial charge on any atom is 0.315 e. The molecular formula is C26H27NO5. The van der Waals surface area contributed by atoms with Gasteiger partial charge in [0.2, 0.25) is 0 Å². The van der Waals surface area contributed by atoms with E-state index in [1.54, 1.807) is 31.4 Å². The third kappa shape index (κ3) is 4.36.